The Bertz CT molecular complexity index is 1160. The van der Waals surface area contributed by atoms with Gasteiger partial charge in [-0.05, 0) is 24.6 Å². The first-order valence-corrected chi connectivity index (χ1v) is 8.78. The van der Waals surface area contributed by atoms with Crippen LogP contribution in [0.5, 0.6) is 17.4 Å². The fourth-order valence-corrected chi connectivity index (χ4v) is 3.61. The van der Waals surface area contributed by atoms with Gasteiger partial charge in [0.05, 0.1) is 17.2 Å². The highest BCUT2D eigenvalue weighted by Crippen LogP contribution is 2.47. The summed E-state index contributed by atoms with van der Waals surface area (Å²) < 4.78 is 16.6. The number of aryl methyl sites for hydroxylation is 1. The van der Waals surface area contributed by atoms with Gasteiger partial charge in [0, 0.05) is 5.56 Å². The van der Waals surface area contributed by atoms with Gasteiger partial charge in [0.2, 0.25) is 18.6 Å². The number of aromatic nitrogens is 2. The molecule has 3 heterocycles. The van der Waals surface area contributed by atoms with E-state index >= 15 is 0 Å². The maximum atomic E-state index is 9.79. The summed E-state index contributed by atoms with van der Waals surface area (Å²) in [7, 11) is 0. The molecule has 0 radical (unpaired) electrons. The topological polar surface area (TPSA) is 106 Å². The van der Waals surface area contributed by atoms with Crippen LogP contribution in [0.3, 0.4) is 0 Å². The molecule has 0 bridgehead atoms. The second-order valence-corrected chi connectivity index (χ2v) is 6.72. The number of fused-ring (bicyclic) bond motifs is 2. The van der Waals surface area contributed by atoms with Crippen LogP contribution in [0.2, 0.25) is 0 Å². The quantitative estimate of drug-likeness (QED) is 0.715. The zero-order valence-corrected chi connectivity index (χ0v) is 15.0. The number of rotatable bonds is 2. The van der Waals surface area contributed by atoms with Gasteiger partial charge in [-0.3, -0.25) is 5.10 Å². The summed E-state index contributed by atoms with van der Waals surface area (Å²) in [6, 6.07) is 15.9. The number of nitrogens with two attached hydrogens (primary N) is 1. The Kier molecular flexibility index (Phi) is 3.52. The van der Waals surface area contributed by atoms with E-state index in [1.54, 1.807) is 0 Å². The van der Waals surface area contributed by atoms with Gasteiger partial charge in [0.25, 0.3) is 0 Å². The molecule has 7 heteroatoms. The van der Waals surface area contributed by atoms with Crippen molar-refractivity contribution in [2.45, 2.75) is 12.8 Å². The van der Waals surface area contributed by atoms with Gasteiger partial charge in [0.15, 0.2) is 11.5 Å². The minimum atomic E-state index is -0.432. The average Bonchev–Trinajstić information content (AvgIpc) is 3.33. The third-order valence-corrected chi connectivity index (χ3v) is 5.01. The number of allylic oxidation sites excluding steroid dienone is 1. The van der Waals surface area contributed by atoms with Gasteiger partial charge in [-0.2, -0.15) is 5.26 Å². The summed E-state index contributed by atoms with van der Waals surface area (Å²) >= 11 is 0. The lowest BCUT2D eigenvalue weighted by atomic mass is 9.83. The largest absolute Gasteiger partial charge is 0.454 e. The second kappa shape index (κ2) is 6.06. The van der Waals surface area contributed by atoms with Crippen molar-refractivity contribution in [2.24, 2.45) is 5.73 Å². The van der Waals surface area contributed by atoms with E-state index < -0.39 is 5.92 Å². The summed E-state index contributed by atoms with van der Waals surface area (Å²) in [6.07, 6.45) is 0. The van der Waals surface area contributed by atoms with Gasteiger partial charge in [-0.15, -0.1) is 5.10 Å². The predicted octanol–water partition coefficient (Wildman–Crippen LogP) is 3.33. The van der Waals surface area contributed by atoms with E-state index in [9.17, 15) is 5.26 Å². The molecule has 7 nitrogen and oxygen atoms in total. The fourth-order valence-electron chi connectivity index (χ4n) is 3.61. The molecule has 0 spiro atoms. The SMILES string of the molecule is Cc1ccc(-c2[nH]nc3c2[C@@H](c2ccc4c(c2)OCO4)C(C#N)=C(N)O3)cc1. The zero-order chi connectivity index (χ0) is 19.3. The molecule has 0 amide bonds. The zero-order valence-electron chi connectivity index (χ0n) is 15.0. The fraction of sp³-hybridized carbons (Fsp3) is 0.143. The molecule has 3 N–H and O–H groups in total. The van der Waals surface area contributed by atoms with Gasteiger partial charge in [0.1, 0.15) is 11.6 Å². The number of hydrogen-bond donors (Lipinski definition) is 2. The molecule has 2 aromatic carbocycles. The number of nitriles is 1. The van der Waals surface area contributed by atoms with Crippen molar-refractivity contribution in [1.82, 2.24) is 10.2 Å². The smallest absolute Gasteiger partial charge is 0.244 e. The van der Waals surface area contributed by atoms with Gasteiger partial charge < -0.3 is 19.9 Å². The average molecular weight is 372 g/mol. The number of H-pyrrole nitrogens is 1. The molecule has 138 valence electrons. The van der Waals surface area contributed by atoms with Crippen LogP contribution in [0.4, 0.5) is 0 Å². The molecule has 0 saturated carbocycles. The van der Waals surface area contributed by atoms with Crippen LogP contribution in [0.25, 0.3) is 11.3 Å². The lowest BCUT2D eigenvalue weighted by molar-refractivity contribution is 0.174. The normalized spacial score (nSPS) is 17.1. The lowest BCUT2D eigenvalue weighted by Crippen LogP contribution is -2.21. The third-order valence-electron chi connectivity index (χ3n) is 5.01. The number of aromatic amines is 1. The van der Waals surface area contributed by atoms with Crippen LogP contribution in [0, 0.1) is 18.3 Å². The molecule has 5 rings (SSSR count). The molecule has 0 fully saturated rings. The van der Waals surface area contributed by atoms with E-state index in [4.69, 9.17) is 19.9 Å². The van der Waals surface area contributed by atoms with Crippen molar-refractivity contribution >= 4 is 0 Å². The summed E-state index contributed by atoms with van der Waals surface area (Å²) in [5.41, 5.74) is 10.9. The van der Waals surface area contributed by atoms with Gasteiger partial charge in [-0.1, -0.05) is 35.9 Å². The first-order chi connectivity index (χ1) is 13.7. The Morgan fingerprint density at radius 3 is 2.71 bits per heavy atom. The van der Waals surface area contributed by atoms with E-state index in [0.29, 0.717) is 23.0 Å². The first kappa shape index (κ1) is 16.3. The van der Waals surface area contributed by atoms with Crippen LogP contribution in [0.1, 0.15) is 22.6 Å². The molecule has 28 heavy (non-hydrogen) atoms. The molecule has 0 saturated heterocycles. The molecule has 0 aliphatic carbocycles. The lowest BCUT2D eigenvalue weighted by Gasteiger charge is -2.24. The minimum absolute atomic E-state index is 0.0552. The van der Waals surface area contributed by atoms with Gasteiger partial charge >= 0.3 is 0 Å². The van der Waals surface area contributed by atoms with Crippen LogP contribution >= 0.6 is 0 Å². The van der Waals surface area contributed by atoms with Crippen molar-refractivity contribution in [3.05, 3.63) is 70.6 Å². The maximum absolute atomic E-state index is 9.79. The number of nitrogens with one attached hydrogen (secondary N) is 1. The highest BCUT2D eigenvalue weighted by atomic mass is 16.7. The molecule has 0 unspecified atom stereocenters. The number of nitrogens with zero attached hydrogens (tertiary/aromatic N) is 2. The molecule has 3 aromatic rings. The molecular formula is C21H16N4O3. The van der Waals surface area contributed by atoms with E-state index in [0.717, 1.165) is 27.9 Å². The third kappa shape index (κ3) is 2.39. The molecule has 2 aliphatic rings. The van der Waals surface area contributed by atoms with Crippen molar-refractivity contribution in [1.29, 1.82) is 5.26 Å². The van der Waals surface area contributed by atoms with Crippen LogP contribution < -0.4 is 19.9 Å². The Morgan fingerprint density at radius 2 is 1.93 bits per heavy atom. The van der Waals surface area contributed by atoms with Crippen LogP contribution in [0.15, 0.2) is 53.9 Å². The van der Waals surface area contributed by atoms with E-state index in [1.165, 1.54) is 0 Å². The van der Waals surface area contributed by atoms with Crippen LogP contribution in [-0.2, 0) is 0 Å². The van der Waals surface area contributed by atoms with Crippen molar-refractivity contribution in [3.8, 4) is 34.7 Å². The number of ether oxygens (including phenoxy) is 3. The monoisotopic (exact) mass is 372 g/mol. The standard InChI is InChI=1S/C21H16N4O3/c1-11-2-4-12(5-3-11)19-18-17(13-6-7-15-16(8-13)27-10-26-15)14(9-22)20(23)28-21(18)25-24-19/h2-8,17H,10,23H2,1H3,(H,24,25)/t17-/m0/s1. The Hall–Kier alpha value is -3.92. The highest BCUT2D eigenvalue weighted by Gasteiger charge is 2.36. The van der Waals surface area contributed by atoms with E-state index in [1.807, 2.05) is 49.4 Å². The molecule has 1 atom stereocenters. The molecule has 2 aliphatic heterocycles. The molecule has 1 aromatic heterocycles. The molecular weight excluding hydrogens is 356 g/mol. The summed E-state index contributed by atoms with van der Waals surface area (Å²) in [5, 5.41) is 17.1. The van der Waals surface area contributed by atoms with Crippen molar-refractivity contribution in [3.63, 3.8) is 0 Å². The van der Waals surface area contributed by atoms with E-state index in [2.05, 4.69) is 16.3 Å². The van der Waals surface area contributed by atoms with Crippen LogP contribution in [-0.4, -0.2) is 17.0 Å². The Labute approximate surface area is 161 Å². The predicted molar refractivity (Wildman–Crippen MR) is 101 cm³/mol. The van der Waals surface area contributed by atoms with Crippen molar-refractivity contribution < 1.29 is 14.2 Å². The maximum Gasteiger partial charge on any atom is 0.244 e. The van der Waals surface area contributed by atoms with E-state index in [-0.39, 0.29) is 12.7 Å². The Morgan fingerprint density at radius 1 is 1.14 bits per heavy atom. The summed E-state index contributed by atoms with van der Waals surface area (Å²) in [5.74, 6) is 1.31. The number of hydrogen-bond acceptors (Lipinski definition) is 6. The Balaban J connectivity index is 1.71. The highest BCUT2D eigenvalue weighted by molar-refractivity contribution is 5.71. The second-order valence-electron chi connectivity index (χ2n) is 6.72. The minimum Gasteiger partial charge on any atom is -0.454 e. The van der Waals surface area contributed by atoms with Gasteiger partial charge in [-0.25, -0.2) is 0 Å². The first-order valence-electron chi connectivity index (χ1n) is 8.78. The van der Waals surface area contributed by atoms with Crippen molar-refractivity contribution in [2.75, 3.05) is 6.79 Å². The summed E-state index contributed by atoms with van der Waals surface area (Å²) in [4.78, 5) is 0. The summed E-state index contributed by atoms with van der Waals surface area (Å²) in [6.45, 7) is 2.21. The number of benzene rings is 2.